The number of ether oxygens (including phenoxy) is 1. The van der Waals surface area contributed by atoms with Gasteiger partial charge in [0.25, 0.3) is 0 Å². The van der Waals surface area contributed by atoms with Gasteiger partial charge in [-0.1, -0.05) is 72.8 Å². The van der Waals surface area contributed by atoms with E-state index in [4.69, 9.17) is 4.74 Å². The Kier molecular flexibility index (Phi) is 4.52. The average molecular weight is 487 g/mol. The summed E-state index contributed by atoms with van der Waals surface area (Å²) in [6, 6.07) is 40.3. The van der Waals surface area contributed by atoms with Crippen LogP contribution in [0.4, 0.5) is 0 Å². The van der Waals surface area contributed by atoms with E-state index in [1.54, 1.807) is 0 Å². The molecule has 0 spiro atoms. The fraction of sp³-hybridized carbons (Fsp3) is 0. The molecule has 178 valence electrons. The van der Waals surface area contributed by atoms with E-state index in [2.05, 4.69) is 113 Å². The summed E-state index contributed by atoms with van der Waals surface area (Å²) in [5.74, 6) is 1.73. The maximum atomic E-state index is 6.46. The van der Waals surface area contributed by atoms with Crippen LogP contribution in [0.5, 0.6) is 11.5 Å². The fourth-order valence-corrected chi connectivity index (χ4v) is 5.75. The number of rotatable bonds is 2. The maximum absolute atomic E-state index is 6.46. The highest BCUT2D eigenvalue weighted by Crippen LogP contribution is 2.42. The number of para-hydroxylation sites is 2. The van der Waals surface area contributed by atoms with Gasteiger partial charge in [-0.25, -0.2) is 0 Å². The lowest BCUT2D eigenvalue weighted by atomic mass is 10.00. The van der Waals surface area contributed by atoms with E-state index in [-0.39, 0.29) is 0 Å². The molecule has 1 aliphatic rings. The Morgan fingerprint density at radius 1 is 0.605 bits per heavy atom. The Morgan fingerprint density at radius 2 is 1.47 bits per heavy atom. The van der Waals surface area contributed by atoms with E-state index in [1.807, 2.05) is 30.5 Å². The minimum absolute atomic E-state index is 0.860. The number of nitrogens with zero attached hydrogens (tertiary/aromatic N) is 2. The lowest BCUT2D eigenvalue weighted by Gasteiger charge is -2.14. The van der Waals surface area contributed by atoms with E-state index >= 15 is 0 Å². The van der Waals surface area contributed by atoms with Crippen LogP contribution in [0.25, 0.3) is 61.7 Å². The predicted molar refractivity (Wildman–Crippen MR) is 157 cm³/mol. The van der Waals surface area contributed by atoms with Crippen molar-refractivity contribution in [3.63, 3.8) is 0 Å². The number of fused-ring (bicyclic) bond motifs is 7. The standard InChI is InChI=1S/C35H22N2O/c1-4-16-33-23(8-1)17-18-30-34(38-33)20-19-29-28-11-2-3-15-32(28)37(35(29)30)25-10-5-9-24(22-25)26-12-6-14-31-27(26)13-7-21-36-31/h1-22H. The van der Waals surface area contributed by atoms with Crippen LogP contribution in [0.3, 0.4) is 0 Å². The van der Waals surface area contributed by atoms with Crippen LogP contribution in [-0.4, -0.2) is 9.55 Å². The van der Waals surface area contributed by atoms with Gasteiger partial charge in [0.15, 0.2) is 0 Å². The number of benzene rings is 5. The zero-order valence-corrected chi connectivity index (χ0v) is 20.5. The largest absolute Gasteiger partial charge is 0.456 e. The topological polar surface area (TPSA) is 27.1 Å². The van der Waals surface area contributed by atoms with E-state index in [1.165, 1.54) is 21.9 Å². The highest BCUT2D eigenvalue weighted by molar-refractivity contribution is 6.13. The highest BCUT2D eigenvalue weighted by Gasteiger charge is 2.20. The van der Waals surface area contributed by atoms with Crippen LogP contribution in [0.1, 0.15) is 11.1 Å². The third kappa shape index (κ3) is 3.12. The summed E-state index contributed by atoms with van der Waals surface area (Å²) in [4.78, 5) is 4.57. The average Bonchev–Trinajstić information content (AvgIpc) is 3.19. The molecule has 0 N–H and O–H groups in total. The summed E-state index contributed by atoms with van der Waals surface area (Å²) in [6.07, 6.45) is 6.20. The van der Waals surface area contributed by atoms with Crippen molar-refractivity contribution in [2.75, 3.05) is 0 Å². The second-order valence-corrected chi connectivity index (χ2v) is 9.63. The summed E-state index contributed by atoms with van der Waals surface area (Å²) in [5.41, 5.74) is 8.91. The Labute approximate surface area is 219 Å². The molecule has 2 aromatic heterocycles. The molecule has 0 saturated heterocycles. The van der Waals surface area contributed by atoms with Crippen LogP contribution in [0.15, 0.2) is 121 Å². The van der Waals surface area contributed by atoms with E-state index in [9.17, 15) is 0 Å². The van der Waals surface area contributed by atoms with Gasteiger partial charge < -0.3 is 9.30 Å². The first kappa shape index (κ1) is 21.0. The Bertz CT molecular complexity index is 2060. The number of pyridine rings is 1. The monoisotopic (exact) mass is 486 g/mol. The van der Waals surface area contributed by atoms with Crippen molar-refractivity contribution >= 4 is 44.9 Å². The van der Waals surface area contributed by atoms with Gasteiger partial charge in [-0.15, -0.1) is 0 Å². The first-order chi connectivity index (χ1) is 18.8. The van der Waals surface area contributed by atoms with Gasteiger partial charge in [0.05, 0.1) is 16.6 Å². The van der Waals surface area contributed by atoms with Crippen molar-refractivity contribution in [3.05, 3.63) is 133 Å². The first-order valence-corrected chi connectivity index (χ1v) is 12.8. The van der Waals surface area contributed by atoms with Crippen molar-refractivity contribution in [1.82, 2.24) is 9.55 Å². The van der Waals surface area contributed by atoms with Crippen LogP contribution in [0.2, 0.25) is 0 Å². The van der Waals surface area contributed by atoms with Crippen LogP contribution >= 0.6 is 0 Å². The number of hydrogen-bond acceptors (Lipinski definition) is 2. The molecular weight excluding hydrogens is 464 g/mol. The molecule has 0 atom stereocenters. The van der Waals surface area contributed by atoms with E-state index in [0.717, 1.165) is 50.3 Å². The second kappa shape index (κ2) is 8.19. The zero-order valence-electron chi connectivity index (χ0n) is 20.5. The van der Waals surface area contributed by atoms with Gasteiger partial charge in [0.1, 0.15) is 11.5 Å². The van der Waals surface area contributed by atoms with Gasteiger partial charge in [-0.3, -0.25) is 4.98 Å². The Morgan fingerprint density at radius 3 is 2.47 bits per heavy atom. The molecule has 38 heavy (non-hydrogen) atoms. The van der Waals surface area contributed by atoms with Crippen molar-refractivity contribution in [2.24, 2.45) is 0 Å². The fourth-order valence-electron chi connectivity index (χ4n) is 5.75. The smallest absolute Gasteiger partial charge is 0.136 e. The number of aromatic nitrogens is 2. The first-order valence-electron chi connectivity index (χ1n) is 12.8. The van der Waals surface area contributed by atoms with Crippen molar-refractivity contribution in [1.29, 1.82) is 0 Å². The lowest BCUT2D eigenvalue weighted by Crippen LogP contribution is -1.97. The molecule has 0 saturated carbocycles. The normalized spacial score (nSPS) is 12.3. The molecule has 3 heteroatoms. The molecule has 3 heterocycles. The minimum atomic E-state index is 0.860. The van der Waals surface area contributed by atoms with E-state index in [0.29, 0.717) is 0 Å². The van der Waals surface area contributed by atoms with Crippen molar-refractivity contribution in [3.8, 4) is 28.3 Å². The molecule has 0 unspecified atom stereocenters. The summed E-state index contributed by atoms with van der Waals surface area (Å²) in [5, 5.41) is 3.58. The molecular formula is C35H22N2O. The molecule has 5 aromatic carbocycles. The van der Waals surface area contributed by atoms with Gasteiger partial charge in [-0.2, -0.15) is 0 Å². The summed E-state index contributed by atoms with van der Waals surface area (Å²) in [6.45, 7) is 0. The number of hydrogen-bond donors (Lipinski definition) is 0. The third-order valence-corrected chi connectivity index (χ3v) is 7.47. The van der Waals surface area contributed by atoms with Crippen molar-refractivity contribution in [2.45, 2.75) is 0 Å². The quantitative estimate of drug-likeness (QED) is 0.243. The molecule has 7 aromatic rings. The summed E-state index contributed by atoms with van der Waals surface area (Å²) < 4.78 is 8.83. The molecule has 0 amide bonds. The van der Waals surface area contributed by atoms with Gasteiger partial charge >= 0.3 is 0 Å². The SMILES string of the molecule is C1=Cc2c(ccc3c4ccccc4n(-c4cccc(-c5cccc6ncccc56)c4)c23)Oc2ccccc21. The molecule has 0 radical (unpaired) electrons. The van der Waals surface area contributed by atoms with Crippen LogP contribution in [0, 0.1) is 0 Å². The predicted octanol–water partition coefficient (Wildman–Crippen LogP) is 9.27. The molecule has 3 nitrogen and oxygen atoms in total. The van der Waals surface area contributed by atoms with Crippen LogP contribution in [-0.2, 0) is 0 Å². The molecule has 0 bridgehead atoms. The summed E-state index contributed by atoms with van der Waals surface area (Å²) >= 11 is 0. The lowest BCUT2D eigenvalue weighted by molar-refractivity contribution is 0.482. The Hall–Kier alpha value is -5.15. The van der Waals surface area contributed by atoms with Crippen molar-refractivity contribution < 1.29 is 4.74 Å². The highest BCUT2D eigenvalue weighted by atomic mass is 16.5. The van der Waals surface area contributed by atoms with E-state index < -0.39 is 0 Å². The van der Waals surface area contributed by atoms with Gasteiger partial charge in [-0.05, 0) is 65.7 Å². The molecule has 1 aliphatic heterocycles. The molecule has 8 rings (SSSR count). The molecule has 0 aliphatic carbocycles. The van der Waals surface area contributed by atoms with Gasteiger partial charge in [0, 0.05) is 39.2 Å². The Balaban J connectivity index is 1.42. The molecule has 0 fully saturated rings. The maximum Gasteiger partial charge on any atom is 0.136 e. The summed E-state index contributed by atoms with van der Waals surface area (Å²) in [7, 11) is 0. The third-order valence-electron chi connectivity index (χ3n) is 7.47. The van der Waals surface area contributed by atoms with Gasteiger partial charge in [0.2, 0.25) is 0 Å². The second-order valence-electron chi connectivity index (χ2n) is 9.63. The van der Waals surface area contributed by atoms with Crippen LogP contribution < -0.4 is 4.74 Å². The minimum Gasteiger partial charge on any atom is -0.456 e. The zero-order chi connectivity index (χ0) is 25.1.